The molecule has 0 saturated carbocycles. The maximum absolute atomic E-state index is 10.6. The second kappa shape index (κ2) is 3.69. The number of thiophene rings is 1. The molecule has 1 aromatic rings. The lowest BCUT2D eigenvalue weighted by atomic mass is 10.3. The van der Waals surface area contributed by atoms with E-state index in [0.29, 0.717) is 5.75 Å². The van der Waals surface area contributed by atoms with Crippen LogP contribution < -0.4 is 5.32 Å². The van der Waals surface area contributed by atoms with Crippen molar-refractivity contribution in [3.05, 3.63) is 22.4 Å². The fourth-order valence-corrected chi connectivity index (χ4v) is 3.38. The predicted octanol–water partition coefficient (Wildman–Crippen LogP) is 1.54. The van der Waals surface area contributed by atoms with Crippen molar-refractivity contribution in [1.29, 1.82) is 0 Å². The summed E-state index contributed by atoms with van der Waals surface area (Å²) in [6.07, 6.45) is 0. The van der Waals surface area contributed by atoms with Crippen molar-refractivity contribution < 1.29 is 9.90 Å². The van der Waals surface area contributed by atoms with Crippen LogP contribution in [0.5, 0.6) is 0 Å². The van der Waals surface area contributed by atoms with Crippen LogP contribution in [0, 0.1) is 0 Å². The Hall–Kier alpha value is -0.520. The zero-order valence-electron chi connectivity index (χ0n) is 6.77. The molecule has 1 aliphatic rings. The van der Waals surface area contributed by atoms with Crippen molar-refractivity contribution in [3.8, 4) is 0 Å². The van der Waals surface area contributed by atoms with E-state index in [0.717, 1.165) is 0 Å². The standard InChI is InChI=1S/C8H9NO2S2/c10-8(11)5-4-13-7(9-5)6-2-1-3-12-6/h1-3,5,7,9H,4H2,(H,10,11)/t5-,7?/m0/s1. The lowest BCUT2D eigenvalue weighted by Crippen LogP contribution is -2.33. The minimum Gasteiger partial charge on any atom is -0.480 e. The normalized spacial score (nSPS) is 27.7. The molecule has 2 atom stereocenters. The summed E-state index contributed by atoms with van der Waals surface area (Å²) in [5.41, 5.74) is 0. The van der Waals surface area contributed by atoms with E-state index in [1.54, 1.807) is 23.1 Å². The first-order valence-electron chi connectivity index (χ1n) is 3.91. The molecule has 2 heterocycles. The molecule has 0 amide bonds. The van der Waals surface area contributed by atoms with E-state index in [2.05, 4.69) is 5.32 Å². The SMILES string of the molecule is O=C(O)[C@@H]1CSC(c2cccs2)N1. The molecule has 0 bridgehead atoms. The molecule has 1 saturated heterocycles. The maximum atomic E-state index is 10.6. The molecule has 5 heteroatoms. The summed E-state index contributed by atoms with van der Waals surface area (Å²) >= 11 is 3.31. The molecule has 2 N–H and O–H groups in total. The van der Waals surface area contributed by atoms with Crippen molar-refractivity contribution >= 4 is 29.1 Å². The van der Waals surface area contributed by atoms with E-state index in [4.69, 9.17) is 5.11 Å². The third kappa shape index (κ3) is 1.87. The summed E-state index contributed by atoms with van der Waals surface area (Å²) in [6, 6.07) is 3.62. The number of thioether (sulfide) groups is 1. The number of rotatable bonds is 2. The van der Waals surface area contributed by atoms with E-state index in [-0.39, 0.29) is 5.37 Å². The number of aliphatic carboxylic acids is 1. The van der Waals surface area contributed by atoms with E-state index in [1.165, 1.54) is 4.88 Å². The van der Waals surface area contributed by atoms with Crippen LogP contribution in [0.3, 0.4) is 0 Å². The highest BCUT2D eigenvalue weighted by molar-refractivity contribution is 7.99. The van der Waals surface area contributed by atoms with Gasteiger partial charge in [-0.25, -0.2) is 0 Å². The van der Waals surface area contributed by atoms with Crippen LogP contribution in [0.2, 0.25) is 0 Å². The zero-order valence-corrected chi connectivity index (χ0v) is 8.40. The van der Waals surface area contributed by atoms with Gasteiger partial charge < -0.3 is 5.11 Å². The molecule has 70 valence electrons. The van der Waals surface area contributed by atoms with Gasteiger partial charge in [0.1, 0.15) is 6.04 Å². The average molecular weight is 215 g/mol. The molecule has 1 aliphatic heterocycles. The van der Waals surface area contributed by atoms with E-state index in [1.807, 2.05) is 17.5 Å². The van der Waals surface area contributed by atoms with Crippen molar-refractivity contribution in [3.63, 3.8) is 0 Å². The summed E-state index contributed by atoms with van der Waals surface area (Å²) in [7, 11) is 0. The van der Waals surface area contributed by atoms with Gasteiger partial charge in [0.05, 0.1) is 5.37 Å². The molecule has 1 aromatic heterocycles. The Morgan fingerprint density at radius 3 is 3.08 bits per heavy atom. The van der Waals surface area contributed by atoms with Crippen molar-refractivity contribution in [1.82, 2.24) is 5.32 Å². The Labute approximate surface area is 84.2 Å². The molecule has 1 unspecified atom stereocenters. The third-order valence-electron chi connectivity index (χ3n) is 1.88. The molecule has 0 aromatic carbocycles. The molecule has 2 rings (SSSR count). The van der Waals surface area contributed by atoms with Gasteiger partial charge >= 0.3 is 5.97 Å². The lowest BCUT2D eigenvalue weighted by Gasteiger charge is -2.07. The van der Waals surface area contributed by atoms with Crippen LogP contribution in [-0.2, 0) is 4.79 Å². The highest BCUT2D eigenvalue weighted by atomic mass is 32.2. The number of hydrogen-bond acceptors (Lipinski definition) is 4. The van der Waals surface area contributed by atoms with E-state index < -0.39 is 12.0 Å². The smallest absolute Gasteiger partial charge is 0.321 e. The van der Waals surface area contributed by atoms with Crippen LogP contribution in [0.15, 0.2) is 17.5 Å². The van der Waals surface area contributed by atoms with Crippen LogP contribution in [0.4, 0.5) is 0 Å². The molecule has 13 heavy (non-hydrogen) atoms. The first-order chi connectivity index (χ1) is 6.27. The quantitative estimate of drug-likeness (QED) is 0.785. The zero-order chi connectivity index (χ0) is 9.26. The Morgan fingerprint density at radius 2 is 2.54 bits per heavy atom. The highest BCUT2D eigenvalue weighted by Crippen LogP contribution is 2.34. The number of carboxylic acid groups (broad SMARTS) is 1. The monoisotopic (exact) mass is 215 g/mol. The molecule has 3 nitrogen and oxygen atoms in total. The summed E-state index contributed by atoms with van der Waals surface area (Å²) in [5.74, 6) is -0.107. The fourth-order valence-electron chi connectivity index (χ4n) is 1.22. The number of nitrogens with one attached hydrogen (secondary N) is 1. The van der Waals surface area contributed by atoms with Gasteiger partial charge in [-0.3, -0.25) is 10.1 Å². The summed E-state index contributed by atoms with van der Waals surface area (Å²) < 4.78 is 0. The van der Waals surface area contributed by atoms with Gasteiger partial charge in [-0.15, -0.1) is 23.1 Å². The Kier molecular flexibility index (Phi) is 2.57. The first kappa shape index (κ1) is 9.05. The number of carbonyl (C=O) groups is 1. The maximum Gasteiger partial charge on any atom is 0.321 e. The van der Waals surface area contributed by atoms with Gasteiger partial charge in [-0.2, -0.15) is 0 Å². The fraction of sp³-hybridized carbons (Fsp3) is 0.375. The van der Waals surface area contributed by atoms with Gasteiger partial charge in [-0.1, -0.05) is 6.07 Å². The van der Waals surface area contributed by atoms with Crippen LogP contribution in [0.25, 0.3) is 0 Å². The van der Waals surface area contributed by atoms with Crippen LogP contribution in [0.1, 0.15) is 10.3 Å². The topological polar surface area (TPSA) is 49.3 Å². The summed E-state index contributed by atoms with van der Waals surface area (Å²) in [4.78, 5) is 11.8. The van der Waals surface area contributed by atoms with Crippen molar-refractivity contribution in [2.75, 3.05) is 5.75 Å². The largest absolute Gasteiger partial charge is 0.480 e. The first-order valence-corrected chi connectivity index (χ1v) is 5.84. The number of hydrogen-bond donors (Lipinski definition) is 2. The van der Waals surface area contributed by atoms with Gasteiger partial charge in [-0.05, 0) is 11.4 Å². The van der Waals surface area contributed by atoms with Gasteiger partial charge in [0.15, 0.2) is 0 Å². The molecule has 0 radical (unpaired) electrons. The number of carboxylic acids is 1. The Balaban J connectivity index is 2.03. The summed E-state index contributed by atoms with van der Waals surface area (Å²) in [6.45, 7) is 0. The van der Waals surface area contributed by atoms with E-state index in [9.17, 15) is 4.79 Å². The van der Waals surface area contributed by atoms with Gasteiger partial charge in [0, 0.05) is 10.6 Å². The van der Waals surface area contributed by atoms with Gasteiger partial charge in [0.2, 0.25) is 0 Å². The highest BCUT2D eigenvalue weighted by Gasteiger charge is 2.30. The molecular formula is C8H9NO2S2. The second-order valence-electron chi connectivity index (χ2n) is 2.79. The minimum atomic E-state index is -0.758. The van der Waals surface area contributed by atoms with E-state index >= 15 is 0 Å². The minimum absolute atomic E-state index is 0.168. The third-order valence-corrected chi connectivity index (χ3v) is 4.22. The second-order valence-corrected chi connectivity index (χ2v) is 4.90. The molecular weight excluding hydrogens is 206 g/mol. The Morgan fingerprint density at radius 1 is 1.69 bits per heavy atom. The van der Waals surface area contributed by atoms with Crippen LogP contribution >= 0.6 is 23.1 Å². The lowest BCUT2D eigenvalue weighted by molar-refractivity contribution is -0.138. The van der Waals surface area contributed by atoms with Crippen molar-refractivity contribution in [2.24, 2.45) is 0 Å². The van der Waals surface area contributed by atoms with Crippen LogP contribution in [-0.4, -0.2) is 22.9 Å². The Bertz CT molecular complexity index is 299. The molecule has 1 fully saturated rings. The molecule has 0 spiro atoms. The molecule has 0 aliphatic carbocycles. The van der Waals surface area contributed by atoms with Crippen molar-refractivity contribution in [2.45, 2.75) is 11.4 Å². The average Bonchev–Trinajstić information content (AvgIpc) is 2.75. The van der Waals surface area contributed by atoms with Gasteiger partial charge in [0.25, 0.3) is 0 Å². The predicted molar refractivity (Wildman–Crippen MR) is 54.1 cm³/mol. The summed E-state index contributed by atoms with van der Waals surface area (Å²) in [5, 5.41) is 14.0.